The molecule has 2 unspecified atom stereocenters. The van der Waals surface area contributed by atoms with Gasteiger partial charge in [0.05, 0.1) is 12.0 Å². The molecular weight excluding hydrogens is 270 g/mol. The lowest BCUT2D eigenvalue weighted by atomic mass is 9.83. The van der Waals surface area contributed by atoms with Crippen molar-refractivity contribution in [1.29, 1.82) is 0 Å². The van der Waals surface area contributed by atoms with Crippen LogP contribution in [-0.4, -0.2) is 10.8 Å². The predicted octanol–water partition coefficient (Wildman–Crippen LogP) is 4.06. The zero-order valence-corrected chi connectivity index (χ0v) is 12.0. The molecular formula is C17H16ClNO. The number of halogens is 1. The number of benzene rings is 2. The number of likely N-dealkylation sites (tertiary alicyclic amines) is 1. The molecule has 1 aliphatic heterocycles. The van der Waals surface area contributed by atoms with Gasteiger partial charge in [-0.3, -0.25) is 4.79 Å². The Morgan fingerprint density at radius 3 is 2.55 bits per heavy atom. The number of nitrogens with zero attached hydrogens (tertiary/aromatic N) is 1. The molecule has 0 bridgehead atoms. The Bertz CT molecular complexity index is 626. The van der Waals surface area contributed by atoms with Crippen LogP contribution in [0.5, 0.6) is 0 Å². The second-order valence-corrected chi connectivity index (χ2v) is 5.68. The fourth-order valence-electron chi connectivity index (χ4n) is 2.84. The Hall–Kier alpha value is -1.80. The van der Waals surface area contributed by atoms with Gasteiger partial charge in [0.15, 0.2) is 0 Å². The Kier molecular flexibility index (Phi) is 3.49. The summed E-state index contributed by atoms with van der Waals surface area (Å²) in [5.41, 5.74) is 2.26. The molecule has 2 atom stereocenters. The molecule has 20 heavy (non-hydrogen) atoms. The highest BCUT2D eigenvalue weighted by molar-refractivity contribution is 6.30. The minimum atomic E-state index is 0.0252. The fourth-order valence-corrected chi connectivity index (χ4v) is 3.04. The van der Waals surface area contributed by atoms with Gasteiger partial charge < -0.3 is 4.90 Å². The average Bonchev–Trinajstić information content (AvgIpc) is 2.47. The van der Waals surface area contributed by atoms with Crippen LogP contribution >= 0.6 is 11.6 Å². The highest BCUT2D eigenvalue weighted by atomic mass is 35.5. The molecule has 102 valence electrons. The molecule has 2 aromatic carbocycles. The van der Waals surface area contributed by atoms with Crippen molar-refractivity contribution in [2.24, 2.45) is 5.92 Å². The van der Waals surface area contributed by atoms with Gasteiger partial charge in [-0.2, -0.15) is 0 Å². The lowest BCUT2D eigenvalue weighted by molar-refractivity contribution is -0.156. The smallest absolute Gasteiger partial charge is 0.228 e. The van der Waals surface area contributed by atoms with Crippen LogP contribution in [0.4, 0.5) is 0 Å². The maximum absolute atomic E-state index is 12.1. The molecule has 2 nitrogen and oxygen atoms in total. The van der Waals surface area contributed by atoms with Crippen LogP contribution in [0.15, 0.2) is 54.6 Å². The van der Waals surface area contributed by atoms with E-state index >= 15 is 0 Å². The molecule has 1 amide bonds. The lowest BCUT2D eigenvalue weighted by Gasteiger charge is -2.46. The van der Waals surface area contributed by atoms with Crippen molar-refractivity contribution < 1.29 is 4.79 Å². The number of rotatable bonds is 3. The number of hydrogen-bond donors (Lipinski definition) is 0. The maximum Gasteiger partial charge on any atom is 0.228 e. The van der Waals surface area contributed by atoms with Crippen molar-refractivity contribution in [2.75, 3.05) is 0 Å². The van der Waals surface area contributed by atoms with E-state index < -0.39 is 0 Å². The number of carbonyl (C=O) groups is 1. The standard InChI is InChI=1S/C17H16ClNO/c1-12-16(14-8-5-9-15(18)10-14)19(17(12)20)11-13-6-3-2-4-7-13/h2-10,12,16H,11H2,1H3. The monoisotopic (exact) mass is 285 g/mol. The average molecular weight is 286 g/mol. The van der Waals surface area contributed by atoms with Gasteiger partial charge in [0.1, 0.15) is 0 Å². The summed E-state index contributed by atoms with van der Waals surface area (Å²) in [6, 6.07) is 18.0. The molecule has 0 aromatic heterocycles. The van der Waals surface area contributed by atoms with E-state index in [0.29, 0.717) is 11.6 Å². The normalized spacial score (nSPS) is 21.7. The molecule has 3 heteroatoms. The molecule has 3 rings (SSSR count). The van der Waals surface area contributed by atoms with Gasteiger partial charge in [-0.05, 0) is 23.3 Å². The van der Waals surface area contributed by atoms with Crippen LogP contribution in [0.2, 0.25) is 5.02 Å². The van der Waals surface area contributed by atoms with E-state index in [4.69, 9.17) is 11.6 Å². The van der Waals surface area contributed by atoms with Gasteiger partial charge in [-0.1, -0.05) is 61.0 Å². The quantitative estimate of drug-likeness (QED) is 0.779. The first kappa shape index (κ1) is 13.2. The van der Waals surface area contributed by atoms with E-state index in [-0.39, 0.29) is 17.9 Å². The summed E-state index contributed by atoms with van der Waals surface area (Å²) in [7, 11) is 0. The van der Waals surface area contributed by atoms with Crippen LogP contribution in [0.3, 0.4) is 0 Å². The summed E-state index contributed by atoms with van der Waals surface area (Å²) in [6.07, 6.45) is 0. The van der Waals surface area contributed by atoms with Crippen LogP contribution < -0.4 is 0 Å². The molecule has 0 spiro atoms. The number of carbonyl (C=O) groups excluding carboxylic acids is 1. The van der Waals surface area contributed by atoms with E-state index in [0.717, 1.165) is 11.1 Å². The Labute approximate surface area is 124 Å². The highest BCUT2D eigenvalue weighted by Crippen LogP contribution is 2.41. The topological polar surface area (TPSA) is 20.3 Å². The SMILES string of the molecule is CC1C(=O)N(Cc2ccccc2)C1c1cccc(Cl)c1. The summed E-state index contributed by atoms with van der Waals surface area (Å²) in [5, 5.41) is 0.716. The number of β-lactam (4-membered cyclic amide) rings is 1. The van der Waals surface area contributed by atoms with Crippen LogP contribution in [-0.2, 0) is 11.3 Å². The minimum Gasteiger partial charge on any atom is -0.330 e. The first-order chi connectivity index (χ1) is 9.66. The highest BCUT2D eigenvalue weighted by Gasteiger charge is 2.44. The molecule has 1 fully saturated rings. The van der Waals surface area contributed by atoms with Gasteiger partial charge in [0, 0.05) is 11.6 Å². The van der Waals surface area contributed by atoms with Crippen molar-refractivity contribution >= 4 is 17.5 Å². The summed E-state index contributed by atoms with van der Waals surface area (Å²) < 4.78 is 0. The first-order valence-electron chi connectivity index (χ1n) is 6.76. The molecule has 0 aliphatic carbocycles. The molecule has 1 heterocycles. The van der Waals surface area contributed by atoms with E-state index in [2.05, 4.69) is 0 Å². The Morgan fingerprint density at radius 1 is 1.10 bits per heavy atom. The van der Waals surface area contributed by atoms with Crippen LogP contribution in [0.1, 0.15) is 24.1 Å². The van der Waals surface area contributed by atoms with Crippen molar-refractivity contribution in [3.05, 3.63) is 70.7 Å². The second-order valence-electron chi connectivity index (χ2n) is 5.24. The predicted molar refractivity (Wildman–Crippen MR) is 80.3 cm³/mol. The van der Waals surface area contributed by atoms with Crippen molar-refractivity contribution in [1.82, 2.24) is 4.90 Å². The lowest BCUT2D eigenvalue weighted by Crippen LogP contribution is -2.52. The Balaban J connectivity index is 1.84. The first-order valence-corrected chi connectivity index (χ1v) is 7.14. The molecule has 0 saturated carbocycles. The molecule has 1 aliphatic rings. The maximum atomic E-state index is 12.1. The molecule has 1 saturated heterocycles. The van der Waals surface area contributed by atoms with E-state index in [9.17, 15) is 4.79 Å². The largest absolute Gasteiger partial charge is 0.330 e. The third-order valence-corrected chi connectivity index (χ3v) is 4.10. The summed E-state index contributed by atoms with van der Waals surface area (Å²) >= 11 is 6.06. The summed E-state index contributed by atoms with van der Waals surface area (Å²) in [6.45, 7) is 2.64. The minimum absolute atomic E-state index is 0.0252. The fraction of sp³-hybridized carbons (Fsp3) is 0.235. The Morgan fingerprint density at radius 2 is 1.85 bits per heavy atom. The number of amides is 1. The zero-order valence-electron chi connectivity index (χ0n) is 11.3. The van der Waals surface area contributed by atoms with E-state index in [1.165, 1.54) is 0 Å². The number of hydrogen-bond acceptors (Lipinski definition) is 1. The molecule has 0 radical (unpaired) electrons. The van der Waals surface area contributed by atoms with Gasteiger partial charge >= 0.3 is 0 Å². The van der Waals surface area contributed by atoms with Crippen LogP contribution in [0.25, 0.3) is 0 Å². The third-order valence-electron chi connectivity index (χ3n) is 3.87. The van der Waals surface area contributed by atoms with Gasteiger partial charge in [0.2, 0.25) is 5.91 Å². The third kappa shape index (κ3) is 2.32. The van der Waals surface area contributed by atoms with E-state index in [1.54, 1.807) is 0 Å². The molecule has 2 aromatic rings. The van der Waals surface area contributed by atoms with Crippen LogP contribution in [0, 0.1) is 5.92 Å². The van der Waals surface area contributed by atoms with Gasteiger partial charge in [-0.25, -0.2) is 0 Å². The summed E-state index contributed by atoms with van der Waals surface area (Å²) in [4.78, 5) is 14.0. The van der Waals surface area contributed by atoms with Gasteiger partial charge in [0.25, 0.3) is 0 Å². The second kappa shape index (κ2) is 5.29. The van der Waals surface area contributed by atoms with Crippen molar-refractivity contribution in [3.63, 3.8) is 0 Å². The van der Waals surface area contributed by atoms with Crippen molar-refractivity contribution in [3.8, 4) is 0 Å². The van der Waals surface area contributed by atoms with E-state index in [1.807, 2.05) is 66.4 Å². The molecule has 0 N–H and O–H groups in total. The van der Waals surface area contributed by atoms with Crippen molar-refractivity contribution in [2.45, 2.75) is 19.5 Å². The summed E-state index contributed by atoms with van der Waals surface area (Å²) in [5.74, 6) is 0.232. The zero-order chi connectivity index (χ0) is 14.1. The van der Waals surface area contributed by atoms with Gasteiger partial charge in [-0.15, -0.1) is 0 Å².